The van der Waals surface area contributed by atoms with Crippen LogP contribution in [0.1, 0.15) is 20.7 Å². The smallest absolute Gasteiger partial charge is 0.258 e. The van der Waals surface area contributed by atoms with Crippen molar-refractivity contribution in [2.24, 2.45) is 5.73 Å². The lowest BCUT2D eigenvalue weighted by atomic mass is 10.1. The summed E-state index contributed by atoms with van der Waals surface area (Å²) in [6.45, 7) is 0. The van der Waals surface area contributed by atoms with Crippen LogP contribution in [0.4, 0.5) is 14.7 Å². The van der Waals surface area contributed by atoms with Crippen LogP contribution in [0.15, 0.2) is 47.2 Å². The van der Waals surface area contributed by atoms with Gasteiger partial charge >= 0.3 is 0 Å². The van der Waals surface area contributed by atoms with E-state index in [0.29, 0.717) is 11.6 Å². The van der Waals surface area contributed by atoms with Crippen LogP contribution in [0.25, 0.3) is 11.3 Å². The van der Waals surface area contributed by atoms with Crippen molar-refractivity contribution in [3.05, 3.63) is 65.5 Å². The molecule has 0 aliphatic heterocycles. The number of nitrogens with zero attached hydrogens (tertiary/aromatic N) is 2. The number of carbonyl (C=O) groups excluding carboxylic acids is 2. The van der Waals surface area contributed by atoms with Gasteiger partial charge in [-0.2, -0.15) is 0 Å². The quantitative estimate of drug-likeness (QED) is 0.755. The summed E-state index contributed by atoms with van der Waals surface area (Å²) in [5.74, 6) is -3.95. The number of carbonyl (C=O) groups is 2. The molecule has 0 aliphatic carbocycles. The average Bonchev–Trinajstić information content (AvgIpc) is 2.98. The molecule has 0 bridgehead atoms. The molecule has 9 heteroatoms. The van der Waals surface area contributed by atoms with Gasteiger partial charge in [-0.3, -0.25) is 19.9 Å². The Balaban J connectivity index is 1.97. The van der Waals surface area contributed by atoms with Gasteiger partial charge in [0.15, 0.2) is 0 Å². The van der Waals surface area contributed by atoms with E-state index in [2.05, 4.69) is 15.5 Å². The van der Waals surface area contributed by atoms with E-state index >= 15 is 0 Å². The predicted octanol–water partition coefficient (Wildman–Crippen LogP) is 2.37. The number of nitrogens with two attached hydrogens (primary N) is 1. The molecule has 3 rings (SSSR count). The minimum atomic E-state index is -0.921. The van der Waals surface area contributed by atoms with E-state index in [1.165, 1.54) is 12.4 Å². The number of aromatic nitrogens is 2. The van der Waals surface area contributed by atoms with Crippen molar-refractivity contribution in [1.29, 1.82) is 0 Å². The minimum Gasteiger partial charge on any atom is -0.365 e. The van der Waals surface area contributed by atoms with Crippen molar-refractivity contribution in [2.45, 2.75) is 0 Å². The molecule has 2 aromatic heterocycles. The summed E-state index contributed by atoms with van der Waals surface area (Å²) in [7, 11) is 0. The van der Waals surface area contributed by atoms with Crippen LogP contribution in [0.5, 0.6) is 0 Å². The number of anilines is 1. The lowest BCUT2D eigenvalue weighted by Crippen LogP contribution is -2.18. The normalized spacial score (nSPS) is 10.5. The molecule has 3 N–H and O–H groups in total. The highest BCUT2D eigenvalue weighted by Gasteiger charge is 2.24. The van der Waals surface area contributed by atoms with Crippen molar-refractivity contribution < 1.29 is 22.9 Å². The molecular weight excluding hydrogens is 334 g/mol. The second kappa shape index (κ2) is 6.48. The van der Waals surface area contributed by atoms with Gasteiger partial charge in [-0.05, 0) is 24.3 Å². The third-order valence-corrected chi connectivity index (χ3v) is 3.24. The maximum absolute atomic E-state index is 13.2. The Morgan fingerprint density at radius 2 is 1.72 bits per heavy atom. The number of amides is 2. The highest BCUT2D eigenvalue weighted by molar-refractivity contribution is 6.09. The van der Waals surface area contributed by atoms with Gasteiger partial charge in [0.05, 0.1) is 0 Å². The van der Waals surface area contributed by atoms with Crippen molar-refractivity contribution in [3.63, 3.8) is 0 Å². The Morgan fingerprint density at radius 1 is 1.08 bits per heavy atom. The molecule has 0 atom stereocenters. The maximum Gasteiger partial charge on any atom is 0.258 e. The first-order valence-corrected chi connectivity index (χ1v) is 6.93. The summed E-state index contributed by atoms with van der Waals surface area (Å²) in [6, 6.07) is 5.43. The Kier molecular flexibility index (Phi) is 4.21. The first kappa shape index (κ1) is 16.2. The van der Waals surface area contributed by atoms with Crippen LogP contribution in [-0.4, -0.2) is 22.0 Å². The molecule has 0 aliphatic rings. The molecule has 2 amide bonds. The summed E-state index contributed by atoms with van der Waals surface area (Å²) in [5, 5.41) is 5.96. The molecule has 0 unspecified atom stereocenters. The van der Waals surface area contributed by atoms with Gasteiger partial charge in [0.1, 0.15) is 22.9 Å². The molecule has 0 saturated carbocycles. The molecule has 3 aromatic rings. The molecule has 0 saturated heterocycles. The molecule has 25 heavy (non-hydrogen) atoms. The number of primary amides is 1. The van der Waals surface area contributed by atoms with E-state index in [1.54, 1.807) is 12.1 Å². The highest BCUT2D eigenvalue weighted by Crippen LogP contribution is 2.28. The first-order valence-electron chi connectivity index (χ1n) is 6.93. The fourth-order valence-corrected chi connectivity index (χ4v) is 2.17. The van der Waals surface area contributed by atoms with Gasteiger partial charge < -0.3 is 10.3 Å². The minimum absolute atomic E-state index is 0.107. The maximum atomic E-state index is 13.2. The second-order valence-electron chi connectivity index (χ2n) is 4.95. The van der Waals surface area contributed by atoms with Gasteiger partial charge in [0.2, 0.25) is 5.88 Å². The Labute approximate surface area is 139 Å². The largest absolute Gasteiger partial charge is 0.365 e. The molecule has 0 fully saturated rings. The van der Waals surface area contributed by atoms with Gasteiger partial charge in [0, 0.05) is 29.6 Å². The van der Waals surface area contributed by atoms with Crippen LogP contribution in [0, 0.1) is 11.6 Å². The van der Waals surface area contributed by atoms with Crippen LogP contribution < -0.4 is 11.1 Å². The lowest BCUT2D eigenvalue weighted by Gasteiger charge is -2.04. The molecule has 126 valence electrons. The number of pyridine rings is 1. The summed E-state index contributed by atoms with van der Waals surface area (Å²) < 4.78 is 31.4. The summed E-state index contributed by atoms with van der Waals surface area (Å²) in [4.78, 5) is 27.7. The third-order valence-electron chi connectivity index (χ3n) is 3.24. The molecule has 7 nitrogen and oxygen atoms in total. The van der Waals surface area contributed by atoms with Crippen LogP contribution in [0.3, 0.4) is 0 Å². The van der Waals surface area contributed by atoms with Gasteiger partial charge in [-0.1, -0.05) is 5.16 Å². The van der Waals surface area contributed by atoms with Crippen molar-refractivity contribution >= 4 is 17.7 Å². The zero-order valence-electron chi connectivity index (χ0n) is 12.5. The Hall–Kier alpha value is -3.62. The molecule has 0 radical (unpaired) electrons. The SMILES string of the molecule is NC(=O)c1c(-c2ccncc2)noc1NC(=O)c1cc(F)cc(F)c1. The number of hydrogen-bond donors (Lipinski definition) is 2. The van der Waals surface area contributed by atoms with Crippen LogP contribution in [0.2, 0.25) is 0 Å². The zero-order valence-corrected chi connectivity index (χ0v) is 12.5. The zero-order chi connectivity index (χ0) is 18.0. The number of hydrogen-bond acceptors (Lipinski definition) is 5. The van der Waals surface area contributed by atoms with E-state index in [-0.39, 0.29) is 22.7 Å². The molecule has 1 aromatic carbocycles. The summed E-state index contributed by atoms with van der Waals surface area (Å²) in [6.07, 6.45) is 2.95. The highest BCUT2D eigenvalue weighted by atomic mass is 19.1. The predicted molar refractivity (Wildman–Crippen MR) is 82.6 cm³/mol. The van der Waals surface area contributed by atoms with Crippen molar-refractivity contribution in [3.8, 4) is 11.3 Å². The summed E-state index contributed by atoms with van der Waals surface area (Å²) >= 11 is 0. The fourth-order valence-electron chi connectivity index (χ4n) is 2.17. The molecule has 0 spiro atoms. The third kappa shape index (κ3) is 3.34. The number of benzene rings is 1. The topological polar surface area (TPSA) is 111 Å². The van der Waals surface area contributed by atoms with E-state index in [4.69, 9.17) is 10.3 Å². The van der Waals surface area contributed by atoms with Gasteiger partial charge in [-0.25, -0.2) is 8.78 Å². The van der Waals surface area contributed by atoms with E-state index < -0.39 is 23.4 Å². The Bertz CT molecular complexity index is 937. The van der Waals surface area contributed by atoms with E-state index in [9.17, 15) is 18.4 Å². The average molecular weight is 344 g/mol. The number of rotatable bonds is 4. The summed E-state index contributed by atoms with van der Waals surface area (Å²) in [5.41, 5.74) is 5.47. The van der Waals surface area contributed by atoms with E-state index in [1.807, 2.05) is 0 Å². The van der Waals surface area contributed by atoms with Crippen LogP contribution >= 0.6 is 0 Å². The monoisotopic (exact) mass is 344 g/mol. The number of nitrogens with one attached hydrogen (secondary N) is 1. The lowest BCUT2D eigenvalue weighted by molar-refractivity contribution is 0.100. The van der Waals surface area contributed by atoms with E-state index in [0.717, 1.165) is 12.1 Å². The molecular formula is C16H10F2N4O3. The number of halogens is 2. The van der Waals surface area contributed by atoms with Gasteiger partial charge in [0.25, 0.3) is 11.8 Å². The second-order valence-corrected chi connectivity index (χ2v) is 4.95. The standard InChI is InChI=1S/C16H10F2N4O3/c17-10-5-9(6-11(18)7-10)15(24)21-16-12(14(19)23)13(22-25-16)8-1-3-20-4-2-8/h1-7H,(H2,19,23)(H,21,24). The fraction of sp³-hybridized carbons (Fsp3) is 0. The van der Waals surface area contributed by atoms with Crippen molar-refractivity contribution in [2.75, 3.05) is 5.32 Å². The Morgan fingerprint density at radius 3 is 2.32 bits per heavy atom. The first-order chi connectivity index (χ1) is 12.0. The molecule has 2 heterocycles. The van der Waals surface area contributed by atoms with Gasteiger partial charge in [-0.15, -0.1) is 0 Å². The van der Waals surface area contributed by atoms with Crippen LogP contribution in [-0.2, 0) is 0 Å². The van der Waals surface area contributed by atoms with Crippen molar-refractivity contribution in [1.82, 2.24) is 10.1 Å².